The van der Waals surface area contributed by atoms with E-state index in [0.29, 0.717) is 19.8 Å². The summed E-state index contributed by atoms with van der Waals surface area (Å²) in [7, 11) is 2.03. The zero-order valence-electron chi connectivity index (χ0n) is 13.6. The highest BCUT2D eigenvalue weighted by Gasteiger charge is 2.19. The molecule has 2 unspecified atom stereocenters. The summed E-state index contributed by atoms with van der Waals surface area (Å²) in [5, 5.41) is 13.3. The van der Waals surface area contributed by atoms with Crippen molar-refractivity contribution in [2.75, 3.05) is 20.2 Å². The third-order valence-corrected chi connectivity index (χ3v) is 5.71. The largest absolute Gasteiger partial charge is 0.389 e. The highest BCUT2D eigenvalue weighted by molar-refractivity contribution is 7.11. The number of thiophene rings is 1. The average Bonchev–Trinajstić information content (AvgIpc) is 3.07. The number of rotatable bonds is 8. The highest BCUT2D eigenvalue weighted by atomic mass is 32.1. The molecule has 0 fully saturated rings. The summed E-state index contributed by atoms with van der Waals surface area (Å²) >= 11 is 3.40. The van der Waals surface area contributed by atoms with Crippen molar-refractivity contribution in [2.45, 2.75) is 39.5 Å². The fraction of sp³-hybridized carbons (Fsp3) is 0.562. The van der Waals surface area contributed by atoms with Crippen LogP contribution in [0.25, 0.3) is 0 Å². The van der Waals surface area contributed by atoms with Crippen LogP contribution in [-0.2, 0) is 11.3 Å². The molecule has 1 N–H and O–H groups in total. The highest BCUT2D eigenvalue weighted by Crippen LogP contribution is 2.28. The molecule has 0 spiro atoms. The van der Waals surface area contributed by atoms with E-state index in [4.69, 9.17) is 4.74 Å². The lowest BCUT2D eigenvalue weighted by Crippen LogP contribution is -2.33. The number of likely N-dealkylation sites (N-methyl/N-ethyl adjacent to an activating group) is 1. The van der Waals surface area contributed by atoms with Crippen molar-refractivity contribution < 1.29 is 9.84 Å². The van der Waals surface area contributed by atoms with Gasteiger partial charge < -0.3 is 9.84 Å². The van der Waals surface area contributed by atoms with Crippen molar-refractivity contribution in [1.82, 2.24) is 9.88 Å². The molecule has 0 aliphatic carbocycles. The third-order valence-electron chi connectivity index (χ3n) is 3.61. The molecule has 2 atom stereocenters. The predicted molar refractivity (Wildman–Crippen MR) is 92.6 cm³/mol. The van der Waals surface area contributed by atoms with E-state index in [9.17, 15) is 5.11 Å². The Morgan fingerprint density at radius 1 is 1.41 bits per heavy atom. The van der Waals surface area contributed by atoms with Gasteiger partial charge in [-0.2, -0.15) is 0 Å². The van der Waals surface area contributed by atoms with E-state index in [0.717, 1.165) is 10.7 Å². The first-order valence-corrected chi connectivity index (χ1v) is 9.09. The van der Waals surface area contributed by atoms with E-state index in [1.54, 1.807) is 22.7 Å². The van der Waals surface area contributed by atoms with E-state index >= 15 is 0 Å². The Hall–Kier alpha value is -0.790. The summed E-state index contributed by atoms with van der Waals surface area (Å²) < 4.78 is 5.58. The van der Waals surface area contributed by atoms with E-state index in [1.807, 2.05) is 38.4 Å². The molecule has 0 radical (unpaired) electrons. The minimum atomic E-state index is -0.485. The van der Waals surface area contributed by atoms with E-state index < -0.39 is 6.10 Å². The van der Waals surface area contributed by atoms with Crippen LogP contribution in [0, 0.1) is 13.8 Å². The van der Waals surface area contributed by atoms with Gasteiger partial charge in [-0.25, -0.2) is 4.98 Å². The molecule has 2 heterocycles. The summed E-state index contributed by atoms with van der Waals surface area (Å²) in [6.45, 7) is 7.74. The summed E-state index contributed by atoms with van der Waals surface area (Å²) in [5.74, 6) is 0. The fourth-order valence-corrected chi connectivity index (χ4v) is 4.05. The van der Waals surface area contributed by atoms with Gasteiger partial charge in [0.1, 0.15) is 0 Å². The molecule has 0 aliphatic heterocycles. The molecule has 4 nitrogen and oxygen atoms in total. The molecular weight excluding hydrogens is 316 g/mol. The molecule has 2 rings (SSSR count). The Morgan fingerprint density at radius 3 is 2.77 bits per heavy atom. The molecule has 2 aromatic heterocycles. The first kappa shape index (κ1) is 17.6. The predicted octanol–water partition coefficient (Wildman–Crippen LogP) is 3.39. The molecule has 0 aliphatic rings. The molecule has 0 bridgehead atoms. The van der Waals surface area contributed by atoms with Crippen LogP contribution in [0.5, 0.6) is 0 Å². The van der Waals surface area contributed by atoms with Gasteiger partial charge in [0.15, 0.2) is 0 Å². The van der Waals surface area contributed by atoms with Crippen LogP contribution >= 0.6 is 22.7 Å². The molecule has 122 valence electrons. The van der Waals surface area contributed by atoms with Crippen LogP contribution in [0.15, 0.2) is 17.5 Å². The van der Waals surface area contributed by atoms with Crippen molar-refractivity contribution in [3.63, 3.8) is 0 Å². The first-order chi connectivity index (χ1) is 10.5. The average molecular weight is 341 g/mol. The summed E-state index contributed by atoms with van der Waals surface area (Å²) in [6.07, 6.45) is -0.485. The van der Waals surface area contributed by atoms with E-state index in [2.05, 4.69) is 16.8 Å². The van der Waals surface area contributed by atoms with Crippen LogP contribution in [-0.4, -0.2) is 41.3 Å². The van der Waals surface area contributed by atoms with Crippen molar-refractivity contribution in [3.8, 4) is 0 Å². The number of nitrogens with zero attached hydrogens (tertiary/aromatic N) is 2. The van der Waals surface area contributed by atoms with Crippen molar-refractivity contribution in [2.24, 2.45) is 0 Å². The topological polar surface area (TPSA) is 45.6 Å². The molecule has 0 aromatic carbocycles. The standard InChI is InChI=1S/C16H24N2O2S2/c1-11-16(22-13(3)17-11)12(2)18(4)8-14(19)9-20-10-15-6-5-7-21-15/h5-7,12,14,19H,8-10H2,1-4H3. The van der Waals surface area contributed by atoms with Crippen LogP contribution < -0.4 is 0 Å². The maximum Gasteiger partial charge on any atom is 0.0900 e. The zero-order valence-corrected chi connectivity index (χ0v) is 15.2. The quantitative estimate of drug-likeness (QED) is 0.800. The number of ether oxygens (including phenoxy) is 1. The van der Waals surface area contributed by atoms with E-state index in [-0.39, 0.29) is 6.04 Å². The Kier molecular flexibility index (Phi) is 6.52. The molecule has 0 saturated carbocycles. The van der Waals surface area contributed by atoms with Crippen LogP contribution in [0.4, 0.5) is 0 Å². The van der Waals surface area contributed by atoms with Crippen LogP contribution in [0.2, 0.25) is 0 Å². The van der Waals surface area contributed by atoms with Crippen molar-refractivity contribution in [1.29, 1.82) is 0 Å². The number of aliphatic hydroxyl groups is 1. The molecule has 6 heteroatoms. The van der Waals surface area contributed by atoms with Gasteiger partial charge in [-0.3, -0.25) is 4.90 Å². The Labute approximate surface area is 140 Å². The normalized spacial score (nSPS) is 14.5. The zero-order chi connectivity index (χ0) is 16.1. The van der Waals surface area contributed by atoms with E-state index in [1.165, 1.54) is 9.75 Å². The number of hydrogen-bond donors (Lipinski definition) is 1. The SMILES string of the molecule is Cc1nc(C)c(C(C)N(C)CC(O)COCc2cccs2)s1. The molecular formula is C16H24N2O2S2. The van der Waals surface area contributed by atoms with Gasteiger partial charge in [0.25, 0.3) is 0 Å². The number of thiazole rings is 1. The van der Waals surface area contributed by atoms with Crippen LogP contribution in [0.1, 0.15) is 33.4 Å². The minimum absolute atomic E-state index is 0.248. The Morgan fingerprint density at radius 2 is 2.18 bits per heavy atom. The van der Waals surface area contributed by atoms with Gasteiger partial charge in [-0.15, -0.1) is 22.7 Å². The number of aryl methyl sites for hydroxylation is 2. The minimum Gasteiger partial charge on any atom is -0.389 e. The lowest BCUT2D eigenvalue weighted by Gasteiger charge is -2.26. The molecule has 0 saturated heterocycles. The van der Waals surface area contributed by atoms with Gasteiger partial charge in [0.05, 0.1) is 30.0 Å². The van der Waals surface area contributed by atoms with Crippen LogP contribution in [0.3, 0.4) is 0 Å². The van der Waals surface area contributed by atoms with Gasteiger partial charge in [0.2, 0.25) is 0 Å². The van der Waals surface area contributed by atoms with Gasteiger partial charge in [0, 0.05) is 22.3 Å². The second kappa shape index (κ2) is 8.17. The van der Waals surface area contributed by atoms with Crippen molar-refractivity contribution in [3.05, 3.63) is 38.0 Å². The van der Waals surface area contributed by atoms with Gasteiger partial charge in [-0.1, -0.05) is 6.07 Å². The van der Waals surface area contributed by atoms with Gasteiger partial charge in [-0.05, 0) is 39.3 Å². The lowest BCUT2D eigenvalue weighted by atomic mass is 10.2. The molecule has 0 amide bonds. The summed E-state index contributed by atoms with van der Waals surface area (Å²) in [6, 6.07) is 4.30. The second-order valence-electron chi connectivity index (χ2n) is 5.55. The summed E-state index contributed by atoms with van der Waals surface area (Å²) in [4.78, 5) is 9.08. The fourth-order valence-electron chi connectivity index (χ4n) is 2.37. The number of aliphatic hydroxyl groups excluding tert-OH is 1. The number of aromatic nitrogens is 1. The monoisotopic (exact) mass is 340 g/mol. The first-order valence-electron chi connectivity index (χ1n) is 7.39. The maximum absolute atomic E-state index is 10.1. The summed E-state index contributed by atoms with van der Waals surface area (Å²) in [5.41, 5.74) is 1.09. The van der Waals surface area contributed by atoms with Crippen molar-refractivity contribution >= 4 is 22.7 Å². The number of hydrogen-bond acceptors (Lipinski definition) is 6. The van der Waals surface area contributed by atoms with Gasteiger partial charge >= 0.3 is 0 Å². The lowest BCUT2D eigenvalue weighted by molar-refractivity contribution is 0.00946. The molecule has 22 heavy (non-hydrogen) atoms. The Balaban J connectivity index is 1.77. The smallest absolute Gasteiger partial charge is 0.0900 e. The Bertz CT molecular complexity index is 569. The third kappa shape index (κ3) is 4.86. The maximum atomic E-state index is 10.1. The second-order valence-corrected chi connectivity index (χ2v) is 7.81. The molecule has 2 aromatic rings.